The summed E-state index contributed by atoms with van der Waals surface area (Å²) in [7, 11) is -4.45. The van der Waals surface area contributed by atoms with E-state index in [2.05, 4.69) is 43.5 Å². The molecule has 3 unspecified atom stereocenters. The fourth-order valence-electron chi connectivity index (χ4n) is 7.08. The van der Waals surface area contributed by atoms with Crippen molar-refractivity contribution >= 4 is 16.0 Å². The van der Waals surface area contributed by atoms with Gasteiger partial charge in [-0.15, -0.1) is 0 Å². The van der Waals surface area contributed by atoms with Gasteiger partial charge in [0, 0.05) is 0 Å². The molecule has 0 spiro atoms. The molecule has 55 heavy (non-hydrogen) atoms. The van der Waals surface area contributed by atoms with Gasteiger partial charge in [-0.3, -0.25) is 9.35 Å². The molecule has 4 N–H and O–H groups in total. The van der Waals surface area contributed by atoms with Crippen molar-refractivity contribution in [3.05, 3.63) is 36.5 Å². The molecule has 7 nitrogen and oxygen atoms in total. The van der Waals surface area contributed by atoms with E-state index in [1.54, 1.807) is 6.08 Å². The van der Waals surface area contributed by atoms with Crippen LogP contribution in [0.4, 0.5) is 0 Å². The third-order valence-electron chi connectivity index (χ3n) is 10.7. The van der Waals surface area contributed by atoms with E-state index in [1.807, 2.05) is 0 Å². The van der Waals surface area contributed by atoms with Crippen molar-refractivity contribution in [2.24, 2.45) is 0 Å². The Morgan fingerprint density at radius 1 is 0.509 bits per heavy atom. The van der Waals surface area contributed by atoms with Gasteiger partial charge in [0.15, 0.2) is 0 Å². The van der Waals surface area contributed by atoms with Crippen LogP contribution in [-0.2, 0) is 14.9 Å². The van der Waals surface area contributed by atoms with Gasteiger partial charge in [0.2, 0.25) is 5.91 Å². The van der Waals surface area contributed by atoms with E-state index in [4.69, 9.17) is 0 Å². The Morgan fingerprint density at radius 3 is 1.24 bits per heavy atom. The Bertz CT molecular complexity index is 1030. The second-order valence-electron chi connectivity index (χ2n) is 16.2. The average molecular weight is 796 g/mol. The van der Waals surface area contributed by atoms with E-state index in [9.17, 15) is 28.0 Å². The smallest absolute Gasteiger partial charge is 0.267 e. The number of rotatable bonds is 42. The van der Waals surface area contributed by atoms with Crippen molar-refractivity contribution in [3.63, 3.8) is 0 Å². The topological polar surface area (TPSA) is 124 Å². The van der Waals surface area contributed by atoms with Gasteiger partial charge in [0.1, 0.15) is 6.10 Å². The van der Waals surface area contributed by atoms with Crippen LogP contribution in [0, 0.1) is 0 Å². The number of aliphatic hydroxyl groups is 2. The molecule has 0 radical (unpaired) electrons. The number of hydrogen-bond donors (Lipinski definition) is 4. The van der Waals surface area contributed by atoms with E-state index in [1.165, 1.54) is 147 Å². The first-order valence-corrected chi connectivity index (χ1v) is 24.9. The van der Waals surface area contributed by atoms with Gasteiger partial charge < -0.3 is 15.5 Å². The first-order valence-electron chi connectivity index (χ1n) is 23.3. The number of aliphatic hydroxyl groups excluding tert-OH is 2. The average Bonchev–Trinajstić information content (AvgIpc) is 3.15. The van der Waals surface area contributed by atoms with Crippen LogP contribution in [0.15, 0.2) is 36.5 Å². The SMILES string of the molecule is CCCCCCCCCCC/C=C\C/C=C\CCCCCCCCC(O)C(=O)NC(CS(=O)(=O)O)C(O)/C=C/CCCCCCCCCCCCCCCC. The fraction of sp³-hybridized carbons (Fsp3) is 0.851. The molecule has 0 aliphatic heterocycles. The number of nitrogens with one attached hydrogen (secondary N) is 1. The van der Waals surface area contributed by atoms with Gasteiger partial charge in [-0.1, -0.05) is 217 Å². The van der Waals surface area contributed by atoms with Crippen LogP contribution in [0.5, 0.6) is 0 Å². The van der Waals surface area contributed by atoms with Crippen LogP contribution in [0.3, 0.4) is 0 Å². The summed E-state index contributed by atoms with van der Waals surface area (Å²) in [6.07, 6.45) is 50.6. The lowest BCUT2D eigenvalue weighted by molar-refractivity contribution is -0.130. The standard InChI is InChI=1S/C47H89NO6S/c1-3-5-7-9-11-13-15-17-19-21-22-23-24-25-26-28-30-32-34-36-38-40-42-46(50)47(51)48-44(43-55(52,53)54)45(49)41-39-37-35-33-31-29-27-20-18-16-14-12-10-8-6-4-2/h22-23,25-26,39,41,44-46,49-50H,3-21,24,27-38,40,42-43H2,1-2H3,(H,48,51)(H,52,53,54)/b23-22-,26-25-,41-39+. The number of amides is 1. The molecule has 1 amide bonds. The molecule has 3 atom stereocenters. The number of hydrogen-bond acceptors (Lipinski definition) is 5. The maximum absolute atomic E-state index is 12.6. The van der Waals surface area contributed by atoms with Crippen molar-refractivity contribution in [1.82, 2.24) is 5.32 Å². The van der Waals surface area contributed by atoms with E-state index < -0.39 is 40.0 Å². The molecule has 0 aliphatic rings. The maximum Gasteiger partial charge on any atom is 0.267 e. The molecule has 0 aromatic heterocycles. The van der Waals surface area contributed by atoms with E-state index in [0.29, 0.717) is 6.42 Å². The Labute approximate surface area is 340 Å². The number of allylic oxidation sites excluding steroid dienone is 5. The quantitative estimate of drug-likeness (QED) is 0.0277. The highest BCUT2D eigenvalue weighted by atomic mass is 32.2. The van der Waals surface area contributed by atoms with Gasteiger partial charge >= 0.3 is 0 Å². The van der Waals surface area contributed by atoms with Gasteiger partial charge in [0.05, 0.1) is 17.9 Å². The normalized spacial score (nSPS) is 14.1. The van der Waals surface area contributed by atoms with E-state index in [0.717, 1.165) is 64.2 Å². The van der Waals surface area contributed by atoms with Gasteiger partial charge in [-0.05, 0) is 51.4 Å². The molecule has 0 heterocycles. The van der Waals surface area contributed by atoms with Crippen LogP contribution >= 0.6 is 0 Å². The lowest BCUT2D eigenvalue weighted by Crippen LogP contribution is -2.50. The first-order chi connectivity index (χ1) is 26.7. The second kappa shape index (κ2) is 40.7. The molecular formula is C47H89NO6S. The molecule has 0 aliphatic carbocycles. The van der Waals surface area contributed by atoms with Crippen molar-refractivity contribution in [1.29, 1.82) is 0 Å². The molecule has 0 saturated carbocycles. The van der Waals surface area contributed by atoms with Gasteiger partial charge in [-0.2, -0.15) is 8.42 Å². The lowest BCUT2D eigenvalue weighted by Gasteiger charge is -2.22. The minimum Gasteiger partial charge on any atom is -0.387 e. The Morgan fingerprint density at radius 2 is 0.855 bits per heavy atom. The van der Waals surface area contributed by atoms with E-state index >= 15 is 0 Å². The largest absolute Gasteiger partial charge is 0.387 e. The van der Waals surface area contributed by atoms with Crippen LogP contribution in [0.2, 0.25) is 0 Å². The predicted molar refractivity (Wildman–Crippen MR) is 236 cm³/mol. The minimum atomic E-state index is -4.45. The first kappa shape index (κ1) is 53.5. The summed E-state index contributed by atoms with van der Waals surface area (Å²) in [5.74, 6) is -1.54. The zero-order chi connectivity index (χ0) is 40.5. The highest BCUT2D eigenvalue weighted by Gasteiger charge is 2.27. The van der Waals surface area contributed by atoms with Crippen molar-refractivity contribution in [2.45, 2.75) is 250 Å². The zero-order valence-electron chi connectivity index (χ0n) is 35.9. The summed E-state index contributed by atoms with van der Waals surface area (Å²) < 4.78 is 32.6. The molecule has 0 fully saturated rings. The van der Waals surface area contributed by atoms with Crippen LogP contribution in [0.25, 0.3) is 0 Å². The molecule has 8 heteroatoms. The highest BCUT2D eigenvalue weighted by molar-refractivity contribution is 7.85. The Hall–Kier alpha value is -1.48. The molecular weight excluding hydrogens is 707 g/mol. The summed E-state index contributed by atoms with van der Waals surface area (Å²) >= 11 is 0. The maximum atomic E-state index is 12.6. The van der Waals surface area contributed by atoms with Crippen LogP contribution in [0.1, 0.15) is 232 Å². The minimum absolute atomic E-state index is 0.269. The van der Waals surface area contributed by atoms with Crippen molar-refractivity contribution in [3.8, 4) is 0 Å². The number of unbranched alkanes of at least 4 members (excludes halogenated alkanes) is 29. The highest BCUT2D eigenvalue weighted by Crippen LogP contribution is 2.15. The van der Waals surface area contributed by atoms with Crippen LogP contribution < -0.4 is 5.32 Å². The van der Waals surface area contributed by atoms with Crippen molar-refractivity contribution in [2.75, 3.05) is 5.75 Å². The van der Waals surface area contributed by atoms with Crippen molar-refractivity contribution < 1.29 is 28.0 Å². The molecule has 0 rings (SSSR count). The molecule has 324 valence electrons. The fourth-order valence-corrected chi connectivity index (χ4v) is 7.81. The summed E-state index contributed by atoms with van der Waals surface area (Å²) in [6, 6.07) is -1.24. The summed E-state index contributed by atoms with van der Waals surface area (Å²) in [4.78, 5) is 12.6. The Kier molecular flexibility index (Phi) is 39.6. The summed E-state index contributed by atoms with van der Waals surface area (Å²) in [6.45, 7) is 4.52. The molecule has 0 aromatic carbocycles. The van der Waals surface area contributed by atoms with Gasteiger partial charge in [-0.25, -0.2) is 0 Å². The third kappa shape index (κ3) is 40.5. The number of carbonyl (C=O) groups excluding carboxylic acids is 1. The zero-order valence-corrected chi connectivity index (χ0v) is 36.7. The summed E-state index contributed by atoms with van der Waals surface area (Å²) in [5, 5.41) is 23.5. The van der Waals surface area contributed by atoms with Crippen LogP contribution in [-0.4, -0.2) is 53.1 Å². The second-order valence-corrected chi connectivity index (χ2v) is 17.7. The summed E-state index contributed by atoms with van der Waals surface area (Å²) in [5.41, 5.74) is 0. The molecule has 0 aromatic rings. The van der Waals surface area contributed by atoms with E-state index in [-0.39, 0.29) is 6.42 Å². The Balaban J connectivity index is 3.97. The monoisotopic (exact) mass is 796 g/mol. The van der Waals surface area contributed by atoms with Gasteiger partial charge in [0.25, 0.3) is 10.1 Å². The third-order valence-corrected chi connectivity index (χ3v) is 11.4. The number of carbonyl (C=O) groups is 1. The molecule has 0 bridgehead atoms. The molecule has 0 saturated heterocycles. The predicted octanol–water partition coefficient (Wildman–Crippen LogP) is 13.1. The lowest BCUT2D eigenvalue weighted by atomic mass is 10.0.